The van der Waals surface area contributed by atoms with Crippen LogP contribution >= 0.6 is 0 Å². The van der Waals surface area contributed by atoms with Crippen LogP contribution in [0.15, 0.2) is 82.1 Å². The van der Waals surface area contributed by atoms with E-state index in [0.717, 1.165) is 56.3 Å². The zero-order valence-corrected chi connectivity index (χ0v) is 26.9. The van der Waals surface area contributed by atoms with Crippen molar-refractivity contribution in [3.63, 3.8) is 0 Å². The second-order valence-corrected chi connectivity index (χ2v) is 11.0. The number of carbonyl (C=O) groups excluding carboxylic acids is 1. The largest absolute Gasteiger partial charge is 0.457 e. The molecule has 2 aromatic rings. The van der Waals surface area contributed by atoms with Gasteiger partial charge in [-0.3, -0.25) is 4.79 Å². The Kier molecular flexibility index (Phi) is 16.4. The molecule has 0 atom stereocenters. The van der Waals surface area contributed by atoms with Gasteiger partial charge in [0.1, 0.15) is 11.7 Å². The molecule has 0 amide bonds. The number of fused-ring (bicyclic) bond motifs is 1. The van der Waals surface area contributed by atoms with E-state index in [1.807, 2.05) is 18.2 Å². The lowest BCUT2D eigenvalue weighted by Crippen LogP contribution is -2.35. The van der Waals surface area contributed by atoms with Crippen LogP contribution < -0.4 is 10.5 Å². The van der Waals surface area contributed by atoms with Crippen molar-refractivity contribution in [2.24, 2.45) is 0 Å². The summed E-state index contributed by atoms with van der Waals surface area (Å²) in [5.41, 5.74) is 1.64. The van der Waals surface area contributed by atoms with Crippen molar-refractivity contribution in [1.82, 2.24) is 0 Å². The fourth-order valence-electron chi connectivity index (χ4n) is 5.06. The van der Waals surface area contributed by atoms with Crippen LogP contribution in [0.3, 0.4) is 0 Å². The maximum Gasteiger partial charge on any atom is 0.336 e. The second-order valence-electron chi connectivity index (χ2n) is 11.0. The zero-order valence-electron chi connectivity index (χ0n) is 26.9. The van der Waals surface area contributed by atoms with Gasteiger partial charge in [0.2, 0.25) is 0 Å². The highest BCUT2D eigenvalue weighted by Gasteiger charge is 2.28. The summed E-state index contributed by atoms with van der Waals surface area (Å²) < 4.78 is 22.8. The first-order valence-corrected chi connectivity index (χ1v) is 16.4. The highest BCUT2D eigenvalue weighted by molar-refractivity contribution is 5.84. The predicted molar refractivity (Wildman–Crippen MR) is 179 cm³/mol. The molecule has 0 aliphatic carbocycles. The third kappa shape index (κ3) is 12.3. The Morgan fingerprint density at radius 2 is 1.45 bits per heavy atom. The van der Waals surface area contributed by atoms with Crippen LogP contribution in [-0.2, 0) is 19.0 Å². The van der Waals surface area contributed by atoms with Gasteiger partial charge in [0.25, 0.3) is 0 Å². The quantitative estimate of drug-likeness (QED) is 0.0686. The Labute approximate surface area is 263 Å². The lowest BCUT2D eigenvalue weighted by molar-refractivity contribution is -0.229. The molecular formula is C37H51NO6. The van der Waals surface area contributed by atoms with Crippen LogP contribution in [0.25, 0.3) is 11.0 Å². The summed E-state index contributed by atoms with van der Waals surface area (Å²) in [5.74, 6) is -0.258. The standard InChI is InChI=1S/C37H51NO6/c1-4-7-8-9-10-11-12-13-14-15-16-17-18-19-20-21-22-23-35(39)43-31-28-41-37(42-29-31)33-27-36(40)44-34-26-30(24-25-32(33)34)38(5-2)6-3/h10-11,13-14,16-17,19-20,24-27,31,37H,4-9,12,15,18,21-23,28-29H2,1-3H3/b11-10-,14-13-,17-16-,20-19-. The van der Waals surface area contributed by atoms with Gasteiger partial charge in [-0.05, 0) is 70.9 Å². The molecule has 0 spiro atoms. The van der Waals surface area contributed by atoms with Crippen LogP contribution in [0, 0.1) is 0 Å². The van der Waals surface area contributed by atoms with Crippen molar-refractivity contribution in [3.8, 4) is 0 Å². The molecule has 7 heteroatoms. The van der Waals surface area contributed by atoms with E-state index in [-0.39, 0.29) is 19.2 Å². The van der Waals surface area contributed by atoms with Gasteiger partial charge in [0, 0.05) is 48.3 Å². The van der Waals surface area contributed by atoms with Crippen LogP contribution in [0.2, 0.25) is 0 Å². The maximum absolute atomic E-state index is 12.3. The van der Waals surface area contributed by atoms with Crippen LogP contribution in [0.1, 0.15) is 96.8 Å². The van der Waals surface area contributed by atoms with Gasteiger partial charge < -0.3 is 23.5 Å². The van der Waals surface area contributed by atoms with Gasteiger partial charge in [0.05, 0.1) is 13.2 Å². The first kappa shape index (κ1) is 35.1. The minimum Gasteiger partial charge on any atom is -0.457 e. The summed E-state index contributed by atoms with van der Waals surface area (Å²) in [4.78, 5) is 26.8. The molecule has 0 unspecified atom stereocenters. The molecule has 0 bridgehead atoms. The van der Waals surface area contributed by atoms with Crippen LogP contribution in [0.5, 0.6) is 0 Å². The van der Waals surface area contributed by atoms with E-state index >= 15 is 0 Å². The first-order valence-electron chi connectivity index (χ1n) is 16.4. The highest BCUT2D eigenvalue weighted by Crippen LogP contribution is 2.31. The van der Waals surface area contributed by atoms with Crippen LogP contribution in [-0.4, -0.2) is 38.4 Å². The fraction of sp³-hybridized carbons (Fsp3) is 0.514. The lowest BCUT2D eigenvalue weighted by Gasteiger charge is -2.29. The fourth-order valence-corrected chi connectivity index (χ4v) is 5.06. The molecule has 1 aliphatic heterocycles. The van der Waals surface area contributed by atoms with Gasteiger partial charge in [-0.25, -0.2) is 4.79 Å². The van der Waals surface area contributed by atoms with Crippen molar-refractivity contribution in [2.45, 2.75) is 97.4 Å². The Bertz CT molecular complexity index is 1290. The molecule has 1 aliphatic rings. The summed E-state index contributed by atoms with van der Waals surface area (Å²) in [6, 6.07) is 7.22. The van der Waals surface area contributed by atoms with Crippen molar-refractivity contribution in [1.29, 1.82) is 0 Å². The lowest BCUT2D eigenvalue weighted by atomic mass is 10.1. The Morgan fingerprint density at radius 1 is 0.841 bits per heavy atom. The highest BCUT2D eigenvalue weighted by atomic mass is 16.7. The van der Waals surface area contributed by atoms with Crippen molar-refractivity contribution >= 4 is 22.6 Å². The molecule has 2 heterocycles. The smallest absolute Gasteiger partial charge is 0.336 e. The molecule has 1 aromatic heterocycles. The van der Waals surface area contributed by atoms with Crippen LogP contribution in [0.4, 0.5) is 5.69 Å². The number of allylic oxidation sites excluding steroid dienone is 8. The normalized spacial score (nSPS) is 17.5. The summed E-state index contributed by atoms with van der Waals surface area (Å²) >= 11 is 0. The summed E-state index contributed by atoms with van der Waals surface area (Å²) in [6.45, 7) is 8.51. The number of nitrogens with zero attached hydrogens (tertiary/aromatic N) is 1. The molecule has 1 fully saturated rings. The van der Waals surface area contributed by atoms with Gasteiger partial charge >= 0.3 is 11.6 Å². The number of hydrogen-bond acceptors (Lipinski definition) is 7. The minimum absolute atomic E-state index is 0.201. The average molecular weight is 606 g/mol. The maximum atomic E-state index is 12.3. The predicted octanol–water partition coefficient (Wildman–Crippen LogP) is 8.74. The topological polar surface area (TPSA) is 78.2 Å². The van der Waals surface area contributed by atoms with E-state index in [4.69, 9.17) is 18.6 Å². The molecular weight excluding hydrogens is 554 g/mol. The van der Waals surface area contributed by atoms with Gasteiger partial charge in [-0.2, -0.15) is 0 Å². The van der Waals surface area contributed by atoms with Gasteiger partial charge in [-0.15, -0.1) is 0 Å². The summed E-state index contributed by atoms with van der Waals surface area (Å²) in [5, 5.41) is 0.762. The van der Waals surface area contributed by atoms with Crippen molar-refractivity contribution in [2.75, 3.05) is 31.2 Å². The van der Waals surface area contributed by atoms with E-state index in [2.05, 4.69) is 74.3 Å². The Hall–Kier alpha value is -3.42. The molecule has 1 aromatic carbocycles. The number of ether oxygens (including phenoxy) is 3. The summed E-state index contributed by atoms with van der Waals surface area (Å²) in [7, 11) is 0. The SMILES string of the molecule is CCCCC/C=C\C/C=C\C/C=C\C/C=C\CCCC(=O)OC1COC(c2cc(=O)oc3cc(N(CC)CC)ccc23)OC1. The molecule has 0 radical (unpaired) electrons. The Morgan fingerprint density at radius 3 is 2.07 bits per heavy atom. The number of esters is 1. The second kappa shape index (κ2) is 20.5. The number of anilines is 1. The molecule has 7 nitrogen and oxygen atoms in total. The van der Waals surface area contributed by atoms with Crippen molar-refractivity contribution in [3.05, 3.63) is 88.9 Å². The van der Waals surface area contributed by atoms with E-state index in [1.165, 1.54) is 31.7 Å². The van der Waals surface area contributed by atoms with Gasteiger partial charge in [-0.1, -0.05) is 68.4 Å². The first-order chi connectivity index (χ1) is 21.5. The van der Waals surface area contributed by atoms with E-state index < -0.39 is 18.0 Å². The molecule has 0 saturated carbocycles. The third-order valence-electron chi connectivity index (χ3n) is 7.52. The molecule has 240 valence electrons. The monoisotopic (exact) mass is 605 g/mol. The molecule has 0 N–H and O–H groups in total. The molecule has 3 rings (SSSR count). The number of benzene rings is 1. The number of hydrogen-bond donors (Lipinski definition) is 0. The van der Waals surface area contributed by atoms with E-state index in [9.17, 15) is 9.59 Å². The number of carbonyl (C=O) groups is 1. The van der Waals surface area contributed by atoms with E-state index in [0.29, 0.717) is 17.6 Å². The van der Waals surface area contributed by atoms with Gasteiger partial charge in [0.15, 0.2) is 6.29 Å². The number of rotatable bonds is 19. The van der Waals surface area contributed by atoms with Crippen molar-refractivity contribution < 1.29 is 23.4 Å². The molecule has 44 heavy (non-hydrogen) atoms. The minimum atomic E-state index is -0.728. The Balaban J connectivity index is 1.31. The third-order valence-corrected chi connectivity index (χ3v) is 7.52. The molecule has 1 saturated heterocycles. The van der Waals surface area contributed by atoms with E-state index in [1.54, 1.807) is 0 Å². The summed E-state index contributed by atoms with van der Waals surface area (Å²) in [6.07, 6.45) is 26.2. The zero-order chi connectivity index (χ0) is 31.4. The number of unbranched alkanes of at least 4 members (excludes halogenated alkanes) is 4. The average Bonchev–Trinajstić information content (AvgIpc) is 3.03.